The Balaban J connectivity index is 3.08. The third kappa shape index (κ3) is 1.98. The normalized spacial score (nSPS) is 11.6. The molecule has 0 saturated heterocycles. The molecule has 0 N–H and O–H groups in total. The zero-order valence-corrected chi connectivity index (χ0v) is 9.64. The first kappa shape index (κ1) is 11.3. The average Bonchev–Trinajstić information content (AvgIpc) is 2.66. The molecule has 0 bridgehead atoms. The largest absolute Gasteiger partial charge is 0.450 e. The van der Waals surface area contributed by atoms with E-state index in [0.717, 1.165) is 0 Å². The third-order valence-electron chi connectivity index (χ3n) is 2.36. The smallest absolute Gasteiger partial charge is 0.194 e. The molecule has 0 unspecified atom stereocenters. The molecule has 78 valence electrons. The van der Waals surface area contributed by atoms with Gasteiger partial charge >= 0.3 is 0 Å². The van der Waals surface area contributed by atoms with E-state index in [4.69, 9.17) is 4.42 Å². The Morgan fingerprint density at radius 1 is 1.36 bits per heavy atom. The number of carbonyl (C=O) groups is 1. The van der Waals surface area contributed by atoms with Gasteiger partial charge in [0.1, 0.15) is 7.14 Å². The van der Waals surface area contributed by atoms with E-state index in [0.29, 0.717) is 23.6 Å². The van der Waals surface area contributed by atoms with Crippen LogP contribution in [0.15, 0.2) is 16.5 Å². The first-order chi connectivity index (χ1) is 6.53. The molecule has 0 radical (unpaired) electrons. The standard InChI is InChI=1S/C10H15O3P/c1-4-14(12,5-2)10-7-6-9(13-10)8(3)11/h6-7H,4-5H2,1-3H3. The Morgan fingerprint density at radius 2 is 1.93 bits per heavy atom. The molecule has 0 atom stereocenters. The molecule has 0 aliphatic heterocycles. The van der Waals surface area contributed by atoms with Gasteiger partial charge in [-0.15, -0.1) is 0 Å². The van der Waals surface area contributed by atoms with Crippen molar-refractivity contribution in [3.63, 3.8) is 0 Å². The van der Waals surface area contributed by atoms with Gasteiger partial charge in [-0.3, -0.25) is 4.79 Å². The molecule has 1 aromatic rings. The van der Waals surface area contributed by atoms with Gasteiger partial charge in [0.15, 0.2) is 17.0 Å². The Labute approximate surface area is 83.9 Å². The zero-order chi connectivity index (χ0) is 10.8. The third-order valence-corrected chi connectivity index (χ3v) is 5.45. The van der Waals surface area contributed by atoms with Crippen LogP contribution < -0.4 is 5.50 Å². The van der Waals surface area contributed by atoms with Gasteiger partial charge in [-0.2, -0.15) is 0 Å². The van der Waals surface area contributed by atoms with Crippen molar-refractivity contribution in [3.05, 3.63) is 17.9 Å². The molecule has 1 aromatic heterocycles. The monoisotopic (exact) mass is 214 g/mol. The van der Waals surface area contributed by atoms with E-state index >= 15 is 0 Å². The van der Waals surface area contributed by atoms with Gasteiger partial charge in [-0.1, -0.05) is 13.8 Å². The maximum atomic E-state index is 12.2. The quantitative estimate of drug-likeness (QED) is 0.571. The van der Waals surface area contributed by atoms with Gasteiger partial charge < -0.3 is 8.98 Å². The summed E-state index contributed by atoms with van der Waals surface area (Å²) < 4.78 is 17.5. The predicted octanol–water partition coefficient (Wildman–Crippen LogP) is 2.51. The van der Waals surface area contributed by atoms with Crippen molar-refractivity contribution in [2.24, 2.45) is 0 Å². The minimum Gasteiger partial charge on any atom is -0.450 e. The fraction of sp³-hybridized carbons (Fsp3) is 0.500. The summed E-state index contributed by atoms with van der Waals surface area (Å²) in [5, 5.41) is 0. The fourth-order valence-electron chi connectivity index (χ4n) is 1.27. The Bertz CT molecular complexity index is 370. The molecule has 0 spiro atoms. The van der Waals surface area contributed by atoms with Crippen molar-refractivity contribution in [1.82, 2.24) is 0 Å². The van der Waals surface area contributed by atoms with Gasteiger partial charge in [0.25, 0.3) is 0 Å². The highest BCUT2D eigenvalue weighted by Gasteiger charge is 2.24. The Morgan fingerprint density at radius 3 is 2.29 bits per heavy atom. The van der Waals surface area contributed by atoms with Crippen LogP contribution in [0.4, 0.5) is 0 Å². The lowest BCUT2D eigenvalue weighted by molar-refractivity contribution is 0.0989. The number of hydrogen-bond acceptors (Lipinski definition) is 3. The topological polar surface area (TPSA) is 47.3 Å². The summed E-state index contributed by atoms with van der Waals surface area (Å²) in [4.78, 5) is 11.0. The van der Waals surface area contributed by atoms with E-state index in [1.165, 1.54) is 6.92 Å². The SMILES string of the molecule is CCP(=O)(CC)c1ccc(C(C)=O)o1. The fourth-order valence-corrected chi connectivity index (χ4v) is 2.95. The lowest BCUT2D eigenvalue weighted by Gasteiger charge is -2.09. The van der Waals surface area contributed by atoms with Crippen LogP contribution >= 0.6 is 7.14 Å². The summed E-state index contributed by atoms with van der Waals surface area (Å²) in [6.07, 6.45) is 1.16. The first-order valence-corrected chi connectivity index (χ1v) is 6.80. The second-order valence-electron chi connectivity index (χ2n) is 3.22. The van der Waals surface area contributed by atoms with E-state index in [1.807, 2.05) is 13.8 Å². The van der Waals surface area contributed by atoms with Gasteiger partial charge in [0, 0.05) is 19.2 Å². The van der Waals surface area contributed by atoms with Gasteiger partial charge in [-0.05, 0) is 12.1 Å². The van der Waals surface area contributed by atoms with E-state index in [9.17, 15) is 9.36 Å². The van der Waals surface area contributed by atoms with Crippen LogP contribution in [0.3, 0.4) is 0 Å². The highest BCUT2D eigenvalue weighted by atomic mass is 31.2. The van der Waals surface area contributed by atoms with E-state index in [1.54, 1.807) is 12.1 Å². The van der Waals surface area contributed by atoms with Crippen molar-refractivity contribution in [1.29, 1.82) is 0 Å². The van der Waals surface area contributed by atoms with Crippen LogP contribution in [-0.4, -0.2) is 18.1 Å². The summed E-state index contributed by atoms with van der Waals surface area (Å²) in [6.45, 7) is 5.19. The Kier molecular flexibility index (Phi) is 3.33. The van der Waals surface area contributed by atoms with Crippen molar-refractivity contribution in [2.75, 3.05) is 12.3 Å². The lowest BCUT2D eigenvalue weighted by atomic mass is 10.3. The van der Waals surface area contributed by atoms with Crippen molar-refractivity contribution < 1.29 is 13.8 Å². The summed E-state index contributed by atoms with van der Waals surface area (Å²) in [6, 6.07) is 3.25. The van der Waals surface area contributed by atoms with Crippen molar-refractivity contribution in [3.8, 4) is 0 Å². The van der Waals surface area contributed by atoms with Crippen LogP contribution in [-0.2, 0) is 4.57 Å². The maximum Gasteiger partial charge on any atom is 0.194 e. The van der Waals surface area contributed by atoms with Crippen LogP contribution in [0.1, 0.15) is 31.3 Å². The van der Waals surface area contributed by atoms with Gasteiger partial charge in [0.05, 0.1) is 0 Å². The minimum absolute atomic E-state index is 0.130. The second kappa shape index (κ2) is 4.14. The molecule has 0 aromatic carbocycles. The highest BCUT2D eigenvalue weighted by molar-refractivity contribution is 7.71. The van der Waals surface area contributed by atoms with Crippen LogP contribution in [0, 0.1) is 0 Å². The zero-order valence-electron chi connectivity index (χ0n) is 8.74. The van der Waals surface area contributed by atoms with Crippen molar-refractivity contribution in [2.45, 2.75) is 20.8 Å². The average molecular weight is 214 g/mol. The first-order valence-electron chi connectivity index (χ1n) is 4.73. The molecule has 1 rings (SSSR count). The van der Waals surface area contributed by atoms with E-state index in [2.05, 4.69) is 0 Å². The lowest BCUT2D eigenvalue weighted by Crippen LogP contribution is -2.05. The number of rotatable bonds is 4. The van der Waals surface area contributed by atoms with E-state index in [-0.39, 0.29) is 5.78 Å². The number of Topliss-reactive ketones (excluding diaryl/α,β-unsaturated/α-hetero) is 1. The molecule has 14 heavy (non-hydrogen) atoms. The highest BCUT2D eigenvalue weighted by Crippen LogP contribution is 2.43. The molecule has 0 amide bonds. The number of ketones is 1. The summed E-state index contributed by atoms with van der Waals surface area (Å²) in [5.41, 5.74) is 0.479. The maximum absolute atomic E-state index is 12.2. The van der Waals surface area contributed by atoms with Gasteiger partial charge in [-0.25, -0.2) is 0 Å². The molecule has 3 nitrogen and oxygen atoms in total. The minimum atomic E-state index is -2.37. The summed E-state index contributed by atoms with van der Waals surface area (Å²) in [7, 11) is -2.37. The number of carbonyl (C=O) groups excluding carboxylic acids is 1. The molecule has 0 aliphatic rings. The van der Waals surface area contributed by atoms with Gasteiger partial charge in [0.2, 0.25) is 0 Å². The molecule has 4 heteroatoms. The second-order valence-corrected chi connectivity index (χ2v) is 6.70. The molecule has 1 heterocycles. The molecule has 0 aliphatic carbocycles. The summed E-state index contributed by atoms with van der Waals surface area (Å²) >= 11 is 0. The molecule has 0 fully saturated rings. The predicted molar refractivity (Wildman–Crippen MR) is 57.0 cm³/mol. The Hall–Kier alpha value is -0.820. The van der Waals surface area contributed by atoms with Crippen LogP contribution in [0.25, 0.3) is 0 Å². The number of furan rings is 1. The van der Waals surface area contributed by atoms with E-state index < -0.39 is 7.14 Å². The molecular formula is C10H15O3P. The molecule has 0 saturated carbocycles. The van der Waals surface area contributed by atoms with Crippen LogP contribution in [0.5, 0.6) is 0 Å². The van der Waals surface area contributed by atoms with Crippen molar-refractivity contribution >= 4 is 18.4 Å². The number of hydrogen-bond donors (Lipinski definition) is 0. The summed E-state index contributed by atoms with van der Waals surface area (Å²) in [5.74, 6) is 0.164. The van der Waals surface area contributed by atoms with Crippen LogP contribution in [0.2, 0.25) is 0 Å². The molecular weight excluding hydrogens is 199 g/mol.